The number of amides is 4. The molecule has 4 aromatic rings. The van der Waals surface area contributed by atoms with Crippen LogP contribution in [0.1, 0.15) is 94.1 Å². The molecule has 0 heterocycles. The maximum atomic E-state index is 14.6. The van der Waals surface area contributed by atoms with Crippen LogP contribution in [0.25, 0.3) is 0 Å². The van der Waals surface area contributed by atoms with Crippen molar-refractivity contribution in [2.75, 3.05) is 0 Å². The number of carbonyl (C=O) groups is 4. The lowest BCUT2D eigenvalue weighted by molar-refractivity contribution is -0.0157. The van der Waals surface area contributed by atoms with Gasteiger partial charge in [0.15, 0.2) is 0 Å². The fourth-order valence-electron chi connectivity index (χ4n) is 5.03. The monoisotopic (exact) mass is 650 g/mol. The van der Waals surface area contributed by atoms with Crippen molar-refractivity contribution in [1.82, 2.24) is 18.8 Å². The Kier molecular flexibility index (Phi) is 10.6. The normalized spacial score (nSPS) is 11.4. The van der Waals surface area contributed by atoms with Gasteiger partial charge in [-0.2, -0.15) is 8.83 Å². The first-order valence-corrected chi connectivity index (χ1v) is 16.1. The van der Waals surface area contributed by atoms with Crippen molar-refractivity contribution in [3.63, 3.8) is 0 Å². The van der Waals surface area contributed by atoms with Gasteiger partial charge in [-0.25, -0.2) is 10.0 Å². The van der Waals surface area contributed by atoms with E-state index < -0.39 is 34.7 Å². The molecule has 0 saturated heterocycles. The second-order valence-corrected chi connectivity index (χ2v) is 14.1. The van der Waals surface area contributed by atoms with Crippen LogP contribution >= 0.6 is 12.1 Å². The fourth-order valence-corrected chi connectivity index (χ4v) is 6.32. The van der Waals surface area contributed by atoms with Crippen LogP contribution in [0.15, 0.2) is 109 Å². The van der Waals surface area contributed by atoms with Gasteiger partial charge in [-0.05, 0) is 104 Å². The van der Waals surface area contributed by atoms with Gasteiger partial charge in [0.05, 0.1) is 11.1 Å². The smallest absolute Gasteiger partial charge is 0.267 e. The number of hydrogen-bond donors (Lipinski definition) is 0. The van der Waals surface area contributed by atoms with Gasteiger partial charge >= 0.3 is 0 Å². The van der Waals surface area contributed by atoms with Crippen molar-refractivity contribution in [3.8, 4) is 0 Å². The lowest BCUT2D eigenvalue weighted by Crippen LogP contribution is -2.60. The summed E-state index contributed by atoms with van der Waals surface area (Å²) in [5, 5.41) is 2.70. The van der Waals surface area contributed by atoms with E-state index in [1.807, 2.05) is 61.5 Å². The summed E-state index contributed by atoms with van der Waals surface area (Å²) >= 11 is 0.698. The number of hydrazine groups is 2. The zero-order valence-corrected chi connectivity index (χ0v) is 29.0. The summed E-state index contributed by atoms with van der Waals surface area (Å²) in [5.74, 6) is -1.99. The molecule has 0 aliphatic heterocycles. The molecular weight excluding hydrogens is 609 g/mol. The average molecular weight is 651 g/mol. The number of nitrogens with zero attached hydrogens (tertiary/aromatic N) is 4. The minimum Gasteiger partial charge on any atom is -0.267 e. The van der Waals surface area contributed by atoms with Crippen LogP contribution in [0.5, 0.6) is 0 Å². The van der Waals surface area contributed by atoms with Gasteiger partial charge in [-0.15, -0.1) is 0 Å². The second kappa shape index (κ2) is 14.3. The molecule has 0 N–H and O–H groups in total. The van der Waals surface area contributed by atoms with E-state index in [2.05, 4.69) is 0 Å². The predicted molar refractivity (Wildman–Crippen MR) is 187 cm³/mol. The summed E-state index contributed by atoms with van der Waals surface area (Å²) in [4.78, 5) is 58.0. The molecule has 0 saturated carbocycles. The van der Waals surface area contributed by atoms with Crippen molar-refractivity contribution < 1.29 is 19.2 Å². The Labute approximate surface area is 282 Å². The van der Waals surface area contributed by atoms with Crippen LogP contribution in [-0.4, -0.2) is 53.6 Å². The Morgan fingerprint density at radius 1 is 0.447 bits per heavy atom. The molecule has 0 unspecified atom stereocenters. The van der Waals surface area contributed by atoms with Gasteiger partial charge in [0.25, 0.3) is 23.6 Å². The molecule has 4 amide bonds. The second-order valence-electron chi connectivity index (χ2n) is 13.3. The summed E-state index contributed by atoms with van der Waals surface area (Å²) in [7, 11) is 0. The molecule has 0 atom stereocenters. The Morgan fingerprint density at radius 2 is 0.745 bits per heavy atom. The van der Waals surface area contributed by atoms with Crippen LogP contribution in [0.2, 0.25) is 0 Å². The average Bonchev–Trinajstić information content (AvgIpc) is 3.02. The van der Waals surface area contributed by atoms with E-state index in [9.17, 15) is 19.2 Å². The van der Waals surface area contributed by atoms with Gasteiger partial charge in [0.2, 0.25) is 0 Å². The Balaban J connectivity index is 1.97. The first kappa shape index (κ1) is 35.0. The molecule has 0 radical (unpaired) electrons. The van der Waals surface area contributed by atoms with Crippen LogP contribution in [-0.2, 0) is 0 Å². The molecule has 0 bridgehead atoms. The Bertz CT molecular complexity index is 1710. The Morgan fingerprint density at radius 3 is 1.06 bits per heavy atom. The molecule has 8 nitrogen and oxygen atoms in total. The number of aryl methyl sites for hydroxylation is 2. The Hall–Kier alpha value is -4.89. The lowest BCUT2D eigenvalue weighted by atomic mass is 10.0. The SMILES string of the molecule is Cc1cc(C)cc(C(=O)N(N(SN(C(=O)c2ccccc2)N(C(=O)c2ccccc2)C(C)(C)C)C(=O)c2ccccc2)C(C)(C)C)c1. The molecule has 4 rings (SSSR count). The molecule has 47 heavy (non-hydrogen) atoms. The van der Waals surface area contributed by atoms with Crippen molar-refractivity contribution in [1.29, 1.82) is 0 Å². The summed E-state index contributed by atoms with van der Waals surface area (Å²) < 4.78 is 2.40. The van der Waals surface area contributed by atoms with Crippen molar-refractivity contribution >= 4 is 35.8 Å². The number of rotatable bonds is 6. The molecule has 0 aliphatic rings. The van der Waals surface area contributed by atoms with E-state index in [0.717, 1.165) is 11.1 Å². The van der Waals surface area contributed by atoms with Gasteiger partial charge < -0.3 is 0 Å². The highest BCUT2D eigenvalue weighted by Crippen LogP contribution is 2.35. The van der Waals surface area contributed by atoms with Gasteiger partial charge in [-0.3, -0.25) is 19.2 Å². The number of benzene rings is 4. The van der Waals surface area contributed by atoms with Crippen molar-refractivity contribution in [2.45, 2.75) is 66.5 Å². The number of carbonyl (C=O) groups excluding carboxylic acids is 4. The minimum atomic E-state index is -0.955. The maximum Gasteiger partial charge on any atom is 0.284 e. The molecule has 9 heteroatoms. The van der Waals surface area contributed by atoms with Crippen LogP contribution in [0.4, 0.5) is 0 Å². The molecule has 244 valence electrons. The molecule has 0 spiro atoms. The van der Waals surface area contributed by atoms with Crippen LogP contribution in [0, 0.1) is 13.8 Å². The fraction of sp³-hybridized carbons (Fsp3) is 0.263. The van der Waals surface area contributed by atoms with Crippen LogP contribution in [0.3, 0.4) is 0 Å². The predicted octanol–water partition coefficient (Wildman–Crippen LogP) is 8.16. The largest absolute Gasteiger partial charge is 0.284 e. The molecule has 4 aromatic carbocycles. The first-order chi connectivity index (χ1) is 22.1. The maximum absolute atomic E-state index is 14.6. The van der Waals surface area contributed by atoms with Gasteiger partial charge in [0.1, 0.15) is 12.1 Å². The van der Waals surface area contributed by atoms with E-state index in [-0.39, 0.29) is 0 Å². The minimum absolute atomic E-state index is 0.296. The summed E-state index contributed by atoms with van der Waals surface area (Å²) in [6.07, 6.45) is 0. The third-order valence-corrected chi connectivity index (χ3v) is 8.02. The zero-order chi connectivity index (χ0) is 34.5. The third-order valence-electron chi connectivity index (χ3n) is 7.05. The molecular formula is C38H42N4O4S. The number of hydrogen-bond acceptors (Lipinski definition) is 5. The van der Waals surface area contributed by atoms with E-state index in [1.165, 1.54) is 18.8 Å². The standard InChI is InChI=1S/C38H42N4O4S/c1-27-24-28(2)26-32(25-27)34(44)40(38(6,7)8)42(36(46)31-22-16-11-17-23-31)47-41(35(45)30-20-14-10-15-21-30)39(37(3,4)5)33(43)29-18-12-9-13-19-29/h9-26H,1-8H3. The first-order valence-electron chi connectivity index (χ1n) is 15.4. The summed E-state index contributed by atoms with van der Waals surface area (Å²) in [6.45, 7) is 14.7. The van der Waals surface area contributed by atoms with E-state index >= 15 is 0 Å². The highest BCUT2D eigenvalue weighted by atomic mass is 32.2. The lowest BCUT2D eigenvalue weighted by Gasteiger charge is -2.47. The van der Waals surface area contributed by atoms with Crippen molar-refractivity contribution in [2.24, 2.45) is 0 Å². The third kappa shape index (κ3) is 8.29. The summed E-state index contributed by atoms with van der Waals surface area (Å²) in [5.41, 5.74) is 1.22. The van der Waals surface area contributed by atoms with E-state index in [1.54, 1.807) is 103 Å². The molecule has 0 aliphatic carbocycles. The highest BCUT2D eigenvalue weighted by molar-refractivity contribution is 7.95. The molecule has 0 fully saturated rings. The van der Waals surface area contributed by atoms with Gasteiger partial charge in [0, 0.05) is 22.3 Å². The van der Waals surface area contributed by atoms with E-state index in [4.69, 9.17) is 0 Å². The summed E-state index contributed by atoms with van der Waals surface area (Å²) in [6, 6.07) is 31.3. The zero-order valence-electron chi connectivity index (χ0n) is 28.2. The highest BCUT2D eigenvalue weighted by Gasteiger charge is 2.44. The molecule has 0 aromatic heterocycles. The van der Waals surface area contributed by atoms with Crippen molar-refractivity contribution in [3.05, 3.63) is 143 Å². The quantitative estimate of drug-likeness (QED) is 0.155. The van der Waals surface area contributed by atoms with Gasteiger partial charge in [-0.1, -0.05) is 71.8 Å². The topological polar surface area (TPSA) is 81.2 Å². The van der Waals surface area contributed by atoms with Crippen LogP contribution < -0.4 is 0 Å². The van der Waals surface area contributed by atoms with E-state index in [0.29, 0.717) is 34.4 Å².